The number of hydrogen-bond acceptors (Lipinski definition) is 14. The van der Waals surface area contributed by atoms with Gasteiger partial charge in [-0.1, -0.05) is 66.2 Å². The van der Waals surface area contributed by atoms with Gasteiger partial charge in [0.15, 0.2) is 5.84 Å². The van der Waals surface area contributed by atoms with Crippen LogP contribution in [0.1, 0.15) is 105 Å². The molecule has 3 aliphatic heterocycles. The average Bonchev–Trinajstić information content (AvgIpc) is 3.63. The first kappa shape index (κ1) is 38.7. The van der Waals surface area contributed by atoms with E-state index in [-0.39, 0.29) is 41.7 Å². The van der Waals surface area contributed by atoms with E-state index >= 15 is 0 Å². The third-order valence-corrected chi connectivity index (χ3v) is 9.63. The highest BCUT2D eigenvalue weighted by molar-refractivity contribution is 6.32. The molecule has 2 N–H and O–H groups in total. The maximum Gasteiger partial charge on any atom is 0.338 e. The van der Waals surface area contributed by atoms with Crippen LogP contribution in [0.4, 0.5) is 11.4 Å². The van der Waals surface area contributed by atoms with Gasteiger partial charge in [-0.3, -0.25) is 4.68 Å². The average molecular weight is 748 g/mol. The number of anilines is 2. The molecule has 1 aromatic heterocycles. The van der Waals surface area contributed by atoms with Crippen molar-refractivity contribution in [3.63, 3.8) is 0 Å². The molecule has 0 fully saturated rings. The number of nitrogens with one attached hydrogen (secondary N) is 2. The van der Waals surface area contributed by atoms with Crippen LogP contribution in [0.3, 0.4) is 0 Å². The number of amidine groups is 1. The summed E-state index contributed by atoms with van der Waals surface area (Å²) < 4.78 is 12.9. The molecular weight excluding hydrogens is 699 g/mol. The Morgan fingerprint density at radius 2 is 1.11 bits per heavy atom. The van der Waals surface area contributed by atoms with Crippen LogP contribution in [0.15, 0.2) is 90.7 Å². The van der Waals surface area contributed by atoms with Crippen molar-refractivity contribution >= 4 is 58.9 Å². The normalized spacial score (nSPS) is 15.6. The van der Waals surface area contributed by atoms with Crippen LogP contribution in [-0.2, 0) is 16.5 Å². The SMILES string of the molecule is CCCCC(CC)COC(=O)c1ccc(NC2=NC3=NC(Nc4ccc(C(=O)OCC(CC)CCCC)cc4)=NC4=NC(c5ccnn5C)=NC(=N2)N34)cc1. The Morgan fingerprint density at radius 3 is 1.55 bits per heavy atom. The molecule has 0 saturated heterocycles. The molecule has 3 aliphatic rings. The molecule has 0 saturated carbocycles. The number of guanidine groups is 5. The molecule has 2 unspecified atom stereocenters. The van der Waals surface area contributed by atoms with E-state index in [4.69, 9.17) is 19.5 Å². The first-order valence-electron chi connectivity index (χ1n) is 19.2. The topological polar surface area (TPSA) is 172 Å². The molecule has 55 heavy (non-hydrogen) atoms. The molecule has 0 amide bonds. The smallest absolute Gasteiger partial charge is 0.338 e. The van der Waals surface area contributed by atoms with Crippen LogP contribution in [-0.4, -0.2) is 75.5 Å². The molecule has 3 aromatic rings. The minimum Gasteiger partial charge on any atom is -0.462 e. The van der Waals surface area contributed by atoms with Crippen LogP contribution >= 0.6 is 0 Å². The highest BCUT2D eigenvalue weighted by Crippen LogP contribution is 2.22. The van der Waals surface area contributed by atoms with Crippen LogP contribution in [0.2, 0.25) is 0 Å². The van der Waals surface area contributed by atoms with Crippen molar-refractivity contribution in [2.75, 3.05) is 23.8 Å². The molecule has 2 atom stereocenters. The van der Waals surface area contributed by atoms with Gasteiger partial charge in [-0.2, -0.15) is 35.1 Å². The number of hydrogen-bond donors (Lipinski definition) is 2. The summed E-state index contributed by atoms with van der Waals surface area (Å²) in [6.07, 6.45) is 10.2. The van der Waals surface area contributed by atoms with E-state index in [9.17, 15) is 9.59 Å². The van der Waals surface area contributed by atoms with Gasteiger partial charge < -0.3 is 20.1 Å². The molecule has 15 nitrogen and oxygen atoms in total. The second-order valence-corrected chi connectivity index (χ2v) is 13.7. The summed E-state index contributed by atoms with van der Waals surface area (Å²) in [5.41, 5.74) is 2.88. The first-order valence-corrected chi connectivity index (χ1v) is 19.2. The number of carbonyl (C=O) groups excluding carboxylic acids is 2. The third kappa shape index (κ3) is 9.77. The molecule has 288 valence electrons. The van der Waals surface area contributed by atoms with Crippen molar-refractivity contribution in [1.29, 1.82) is 0 Å². The van der Waals surface area contributed by atoms with Crippen molar-refractivity contribution in [3.8, 4) is 0 Å². The zero-order valence-corrected chi connectivity index (χ0v) is 32.2. The highest BCUT2D eigenvalue weighted by atomic mass is 16.5. The number of rotatable bonds is 17. The first-order chi connectivity index (χ1) is 26.8. The van der Waals surface area contributed by atoms with E-state index in [1.807, 2.05) is 0 Å². The quantitative estimate of drug-likeness (QED) is 0.136. The Kier molecular flexibility index (Phi) is 12.9. The summed E-state index contributed by atoms with van der Waals surface area (Å²) in [5.74, 6) is 1.57. The van der Waals surface area contributed by atoms with Gasteiger partial charge in [0.25, 0.3) is 0 Å². The Hall–Kier alpha value is -5.99. The maximum atomic E-state index is 12.8. The predicted molar refractivity (Wildman–Crippen MR) is 216 cm³/mol. The van der Waals surface area contributed by atoms with Gasteiger partial charge >= 0.3 is 11.9 Å². The summed E-state index contributed by atoms with van der Waals surface area (Å²) in [4.78, 5) is 55.2. The fourth-order valence-corrected chi connectivity index (χ4v) is 6.09. The zero-order chi connectivity index (χ0) is 38.7. The summed E-state index contributed by atoms with van der Waals surface area (Å²) in [6.45, 7) is 9.39. The number of nitrogens with zero attached hydrogens (tertiary/aromatic N) is 9. The van der Waals surface area contributed by atoms with Crippen molar-refractivity contribution in [3.05, 3.63) is 77.6 Å². The van der Waals surface area contributed by atoms with Crippen molar-refractivity contribution in [2.24, 2.45) is 48.8 Å². The number of unbranched alkanes of at least 4 members (excludes halogenated alkanes) is 2. The molecule has 4 heterocycles. The fourth-order valence-electron chi connectivity index (χ4n) is 6.09. The minimum absolute atomic E-state index is 0.223. The third-order valence-electron chi connectivity index (χ3n) is 9.63. The second-order valence-electron chi connectivity index (χ2n) is 13.7. The maximum absolute atomic E-state index is 12.8. The van der Waals surface area contributed by atoms with E-state index < -0.39 is 0 Å². The lowest BCUT2D eigenvalue weighted by molar-refractivity contribution is 0.0419. The second kappa shape index (κ2) is 18.4. The molecule has 0 bridgehead atoms. The fraction of sp³-hybridized carbons (Fsp3) is 0.425. The Labute approximate surface area is 321 Å². The van der Waals surface area contributed by atoms with E-state index in [1.165, 1.54) is 0 Å². The van der Waals surface area contributed by atoms with Crippen LogP contribution < -0.4 is 10.6 Å². The van der Waals surface area contributed by atoms with E-state index in [1.54, 1.807) is 77.4 Å². The number of aromatic nitrogens is 2. The van der Waals surface area contributed by atoms with E-state index in [2.05, 4.69) is 63.4 Å². The van der Waals surface area contributed by atoms with Gasteiger partial charge in [0.2, 0.25) is 29.8 Å². The predicted octanol–water partition coefficient (Wildman–Crippen LogP) is 7.26. The van der Waals surface area contributed by atoms with E-state index in [0.717, 1.165) is 51.4 Å². The molecule has 0 aliphatic carbocycles. The Balaban J connectivity index is 1.18. The van der Waals surface area contributed by atoms with Crippen molar-refractivity contribution < 1.29 is 19.1 Å². The largest absolute Gasteiger partial charge is 0.462 e. The molecule has 6 rings (SSSR count). The van der Waals surface area contributed by atoms with Gasteiger partial charge in [-0.15, -0.1) is 0 Å². The monoisotopic (exact) mass is 747 g/mol. The minimum atomic E-state index is -0.355. The molecule has 2 aromatic carbocycles. The molecule has 15 heteroatoms. The summed E-state index contributed by atoms with van der Waals surface area (Å²) in [6, 6.07) is 15.7. The lowest BCUT2D eigenvalue weighted by atomic mass is 10.0. The number of aryl methyl sites for hydroxylation is 1. The van der Waals surface area contributed by atoms with Crippen LogP contribution in [0.5, 0.6) is 0 Å². The van der Waals surface area contributed by atoms with Crippen molar-refractivity contribution in [1.82, 2.24) is 14.7 Å². The molecular formula is C40H49N11O4. The van der Waals surface area contributed by atoms with E-state index in [0.29, 0.717) is 59.1 Å². The number of esters is 2. The number of benzene rings is 2. The molecule has 0 radical (unpaired) electrons. The number of ether oxygens (including phenoxy) is 2. The lowest BCUT2D eigenvalue weighted by Crippen LogP contribution is -2.49. The zero-order valence-electron chi connectivity index (χ0n) is 32.2. The van der Waals surface area contributed by atoms with Gasteiger partial charge in [-0.05, 0) is 79.3 Å². The standard InChI is InChI=1S/C40H49N11O4/c1-6-10-12-26(8-3)24-54-34(52)28-14-18-30(19-15-28)42-36-46-38-44-33(32-22-23-41-50(32)5)45-39-47-37(49-40(48-36)51(38)39)43-31-20-16-29(17-21-31)35(53)55-25-27(9-4)13-11-7-2/h14-23,26-27H,6-13,24-25H2,1-5H3,(H2,42,43,44,45,46,47,48,49). The summed E-state index contributed by atoms with van der Waals surface area (Å²) in [5, 5.41) is 10.7. The van der Waals surface area contributed by atoms with Gasteiger partial charge in [0, 0.05) is 24.6 Å². The lowest BCUT2D eigenvalue weighted by Gasteiger charge is -2.30. The highest BCUT2D eigenvalue weighted by Gasteiger charge is 2.36. The summed E-state index contributed by atoms with van der Waals surface area (Å²) in [7, 11) is 1.80. The van der Waals surface area contributed by atoms with Gasteiger partial charge in [0.1, 0.15) is 5.69 Å². The Morgan fingerprint density at radius 1 is 0.636 bits per heavy atom. The van der Waals surface area contributed by atoms with Crippen molar-refractivity contribution in [2.45, 2.75) is 79.1 Å². The van der Waals surface area contributed by atoms with Crippen LogP contribution in [0, 0.1) is 11.8 Å². The number of carbonyl (C=O) groups is 2. The van der Waals surface area contributed by atoms with Gasteiger partial charge in [-0.25, -0.2) is 14.5 Å². The Bertz CT molecular complexity index is 1950. The van der Waals surface area contributed by atoms with Crippen LogP contribution in [0.25, 0.3) is 0 Å². The summed E-state index contributed by atoms with van der Waals surface area (Å²) >= 11 is 0. The number of aliphatic imine (C=N–C) groups is 6. The molecule has 0 spiro atoms. The van der Waals surface area contributed by atoms with Gasteiger partial charge in [0.05, 0.1) is 24.3 Å².